The number of amides is 1. The Morgan fingerprint density at radius 1 is 0.862 bits per heavy atom. The van der Waals surface area contributed by atoms with E-state index in [1.54, 1.807) is 18.6 Å². The van der Waals surface area contributed by atoms with E-state index < -0.39 is 0 Å². The molecule has 1 N–H and O–H groups in total. The van der Waals surface area contributed by atoms with Crippen molar-refractivity contribution >= 4 is 17.5 Å². The largest absolute Gasteiger partial charge is 0.348 e. The van der Waals surface area contributed by atoms with Crippen molar-refractivity contribution in [3.8, 4) is 22.4 Å². The molecular weight excluding hydrogens is 382 g/mol. The van der Waals surface area contributed by atoms with Gasteiger partial charge in [-0.05, 0) is 59.2 Å². The zero-order valence-electron chi connectivity index (χ0n) is 15.5. The van der Waals surface area contributed by atoms with E-state index in [-0.39, 0.29) is 5.91 Å². The van der Waals surface area contributed by atoms with Crippen LogP contribution in [0.3, 0.4) is 0 Å². The van der Waals surface area contributed by atoms with Crippen LogP contribution in [0.15, 0.2) is 91.4 Å². The second kappa shape index (κ2) is 8.67. The lowest BCUT2D eigenvalue weighted by Gasteiger charge is -2.10. The Labute approximate surface area is 174 Å². The number of nitrogens with zero attached hydrogens (tertiary/aromatic N) is 2. The van der Waals surface area contributed by atoms with Gasteiger partial charge in [-0.25, -0.2) is 0 Å². The maximum absolute atomic E-state index is 12.6. The average molecular weight is 400 g/mol. The Morgan fingerprint density at radius 2 is 1.66 bits per heavy atom. The molecule has 0 aliphatic carbocycles. The predicted molar refractivity (Wildman–Crippen MR) is 116 cm³/mol. The van der Waals surface area contributed by atoms with Gasteiger partial charge in [0.15, 0.2) is 0 Å². The van der Waals surface area contributed by atoms with Crippen LogP contribution in [0.4, 0.5) is 0 Å². The molecule has 0 bridgehead atoms. The first-order chi connectivity index (χ1) is 14.2. The highest BCUT2D eigenvalue weighted by molar-refractivity contribution is 6.30. The van der Waals surface area contributed by atoms with Crippen LogP contribution in [0.5, 0.6) is 0 Å². The van der Waals surface area contributed by atoms with E-state index in [4.69, 9.17) is 11.6 Å². The van der Waals surface area contributed by atoms with Gasteiger partial charge in [0, 0.05) is 41.3 Å². The maximum Gasteiger partial charge on any atom is 0.251 e. The van der Waals surface area contributed by atoms with Gasteiger partial charge in [0.2, 0.25) is 0 Å². The molecule has 2 aromatic heterocycles. The number of rotatable bonds is 5. The molecule has 142 valence electrons. The Morgan fingerprint density at radius 3 is 2.41 bits per heavy atom. The molecule has 5 heteroatoms. The third kappa shape index (κ3) is 4.50. The van der Waals surface area contributed by atoms with Crippen molar-refractivity contribution in [3.05, 3.63) is 108 Å². The summed E-state index contributed by atoms with van der Waals surface area (Å²) in [5.41, 5.74) is 5.29. The second-order valence-corrected chi connectivity index (χ2v) is 6.96. The van der Waals surface area contributed by atoms with E-state index in [0.717, 1.165) is 27.9 Å². The summed E-state index contributed by atoms with van der Waals surface area (Å²) in [6.45, 7) is 0.382. The molecule has 1 amide bonds. The maximum atomic E-state index is 12.6. The van der Waals surface area contributed by atoms with E-state index in [0.29, 0.717) is 17.1 Å². The Hall–Kier alpha value is -3.50. The monoisotopic (exact) mass is 399 g/mol. The van der Waals surface area contributed by atoms with Crippen molar-refractivity contribution in [2.45, 2.75) is 6.54 Å². The van der Waals surface area contributed by atoms with Crippen molar-refractivity contribution in [3.63, 3.8) is 0 Å². The Balaban J connectivity index is 1.47. The first-order valence-electron chi connectivity index (χ1n) is 9.19. The van der Waals surface area contributed by atoms with E-state index >= 15 is 0 Å². The summed E-state index contributed by atoms with van der Waals surface area (Å²) < 4.78 is 0. The molecule has 0 spiro atoms. The second-order valence-electron chi connectivity index (χ2n) is 6.52. The summed E-state index contributed by atoms with van der Waals surface area (Å²) in [5, 5.41) is 3.66. The van der Waals surface area contributed by atoms with E-state index in [9.17, 15) is 4.79 Å². The highest BCUT2D eigenvalue weighted by atomic mass is 35.5. The number of pyridine rings is 2. The predicted octanol–water partition coefficient (Wildman–Crippen LogP) is 5.39. The van der Waals surface area contributed by atoms with Crippen LogP contribution in [-0.4, -0.2) is 15.9 Å². The molecule has 4 aromatic rings. The number of benzene rings is 2. The summed E-state index contributed by atoms with van der Waals surface area (Å²) in [6.07, 6.45) is 5.23. The van der Waals surface area contributed by atoms with E-state index in [1.807, 2.05) is 72.8 Å². The Kier molecular flexibility index (Phi) is 5.63. The number of hydrogen-bond acceptors (Lipinski definition) is 3. The summed E-state index contributed by atoms with van der Waals surface area (Å²) in [5.74, 6) is -0.136. The van der Waals surface area contributed by atoms with Crippen LogP contribution in [-0.2, 0) is 6.54 Å². The molecule has 0 aliphatic rings. The molecule has 0 saturated heterocycles. The number of carbonyl (C=O) groups excluding carboxylic acids is 1. The minimum atomic E-state index is -0.136. The van der Waals surface area contributed by atoms with Gasteiger partial charge < -0.3 is 5.32 Å². The van der Waals surface area contributed by atoms with Crippen LogP contribution < -0.4 is 5.32 Å². The molecule has 4 rings (SSSR count). The van der Waals surface area contributed by atoms with Gasteiger partial charge in [0.05, 0.1) is 5.69 Å². The molecule has 4 nitrogen and oxygen atoms in total. The van der Waals surface area contributed by atoms with E-state index in [2.05, 4.69) is 15.3 Å². The number of hydrogen-bond donors (Lipinski definition) is 1. The van der Waals surface area contributed by atoms with Gasteiger partial charge in [-0.1, -0.05) is 41.9 Å². The highest BCUT2D eigenvalue weighted by Crippen LogP contribution is 2.23. The highest BCUT2D eigenvalue weighted by Gasteiger charge is 2.10. The lowest BCUT2D eigenvalue weighted by molar-refractivity contribution is 0.0951. The van der Waals surface area contributed by atoms with Crippen LogP contribution in [0.25, 0.3) is 22.4 Å². The SMILES string of the molecule is O=C(NCc1cccnc1-c1cccnc1)c1ccc(-c2cccc(Cl)c2)cc1. The van der Waals surface area contributed by atoms with E-state index in [1.165, 1.54) is 0 Å². The summed E-state index contributed by atoms with van der Waals surface area (Å²) in [7, 11) is 0. The quantitative estimate of drug-likeness (QED) is 0.489. The summed E-state index contributed by atoms with van der Waals surface area (Å²) >= 11 is 6.06. The van der Waals surface area contributed by atoms with Gasteiger partial charge >= 0.3 is 0 Å². The van der Waals surface area contributed by atoms with Crippen LogP contribution >= 0.6 is 11.6 Å². The number of carbonyl (C=O) groups is 1. The lowest BCUT2D eigenvalue weighted by Crippen LogP contribution is -2.23. The minimum Gasteiger partial charge on any atom is -0.348 e. The van der Waals surface area contributed by atoms with Gasteiger partial charge in [0.1, 0.15) is 0 Å². The van der Waals surface area contributed by atoms with Crippen molar-refractivity contribution < 1.29 is 4.79 Å². The minimum absolute atomic E-state index is 0.136. The fourth-order valence-corrected chi connectivity index (χ4v) is 3.29. The van der Waals surface area contributed by atoms with Crippen molar-refractivity contribution in [2.75, 3.05) is 0 Å². The first kappa shape index (κ1) is 18.8. The van der Waals surface area contributed by atoms with Crippen LogP contribution in [0.1, 0.15) is 15.9 Å². The third-order valence-corrected chi connectivity index (χ3v) is 4.81. The topological polar surface area (TPSA) is 54.9 Å². The zero-order valence-corrected chi connectivity index (χ0v) is 16.3. The smallest absolute Gasteiger partial charge is 0.251 e. The standard InChI is InChI=1S/C24H18ClN3O/c25-22-7-1-4-19(14-22)17-8-10-18(11-9-17)24(29)28-16-21-6-3-13-27-23(21)20-5-2-12-26-15-20/h1-15H,16H2,(H,28,29). The normalized spacial score (nSPS) is 10.5. The summed E-state index contributed by atoms with van der Waals surface area (Å²) in [4.78, 5) is 21.2. The molecule has 29 heavy (non-hydrogen) atoms. The molecule has 0 atom stereocenters. The van der Waals surface area contributed by atoms with Crippen LogP contribution in [0, 0.1) is 0 Å². The van der Waals surface area contributed by atoms with Crippen LogP contribution in [0.2, 0.25) is 5.02 Å². The fourth-order valence-electron chi connectivity index (χ4n) is 3.10. The third-order valence-electron chi connectivity index (χ3n) is 4.57. The molecule has 2 heterocycles. The molecule has 0 radical (unpaired) electrons. The first-order valence-corrected chi connectivity index (χ1v) is 9.57. The average Bonchev–Trinajstić information content (AvgIpc) is 2.78. The molecule has 0 fully saturated rings. The Bertz CT molecular complexity index is 1130. The van der Waals surface area contributed by atoms with Crippen molar-refractivity contribution in [2.24, 2.45) is 0 Å². The van der Waals surface area contributed by atoms with Gasteiger partial charge in [0.25, 0.3) is 5.91 Å². The van der Waals surface area contributed by atoms with Crippen molar-refractivity contribution in [1.82, 2.24) is 15.3 Å². The zero-order chi connectivity index (χ0) is 20.1. The summed E-state index contributed by atoms with van der Waals surface area (Å²) in [6, 6.07) is 22.8. The van der Waals surface area contributed by atoms with Gasteiger partial charge in [-0.3, -0.25) is 14.8 Å². The molecular formula is C24H18ClN3O. The van der Waals surface area contributed by atoms with Crippen molar-refractivity contribution in [1.29, 1.82) is 0 Å². The number of nitrogens with one attached hydrogen (secondary N) is 1. The fraction of sp³-hybridized carbons (Fsp3) is 0.0417. The molecule has 0 unspecified atom stereocenters. The number of aromatic nitrogens is 2. The molecule has 0 aliphatic heterocycles. The number of halogens is 1. The lowest BCUT2D eigenvalue weighted by atomic mass is 10.0. The molecule has 0 saturated carbocycles. The van der Waals surface area contributed by atoms with Gasteiger partial charge in [-0.2, -0.15) is 0 Å². The molecule has 2 aromatic carbocycles. The van der Waals surface area contributed by atoms with Gasteiger partial charge in [-0.15, -0.1) is 0 Å².